The molecule has 1 saturated carbocycles. The largest absolute Gasteiger partial charge is 0.327 e. The second-order valence-corrected chi connectivity index (χ2v) is 6.88. The number of aromatic nitrogens is 1. The zero-order chi connectivity index (χ0) is 12.3. The van der Waals surface area contributed by atoms with Crippen LogP contribution in [0.25, 0.3) is 0 Å². The third-order valence-electron chi connectivity index (χ3n) is 4.08. The first-order valence-electron chi connectivity index (χ1n) is 6.76. The van der Waals surface area contributed by atoms with Crippen molar-refractivity contribution < 1.29 is 0 Å². The molecule has 0 aliphatic heterocycles. The lowest BCUT2D eigenvalue weighted by Crippen LogP contribution is -2.42. The molecule has 0 radical (unpaired) electrons. The molecule has 1 aliphatic carbocycles. The molecule has 0 aromatic carbocycles. The van der Waals surface area contributed by atoms with Crippen molar-refractivity contribution in [1.29, 1.82) is 0 Å². The number of hydrogen-bond donors (Lipinski definition) is 1. The van der Waals surface area contributed by atoms with Crippen molar-refractivity contribution >= 4 is 11.3 Å². The average Bonchev–Trinajstić information content (AvgIpc) is 2.88. The van der Waals surface area contributed by atoms with Crippen molar-refractivity contribution in [2.45, 2.75) is 58.4 Å². The van der Waals surface area contributed by atoms with Gasteiger partial charge in [0.2, 0.25) is 0 Å². The van der Waals surface area contributed by atoms with Gasteiger partial charge in [-0.15, -0.1) is 11.3 Å². The molecule has 0 bridgehead atoms. The van der Waals surface area contributed by atoms with Crippen molar-refractivity contribution in [3.05, 3.63) is 16.6 Å². The van der Waals surface area contributed by atoms with Gasteiger partial charge in [-0.1, -0.05) is 26.7 Å². The van der Waals surface area contributed by atoms with Gasteiger partial charge in [0, 0.05) is 24.0 Å². The quantitative estimate of drug-likeness (QED) is 0.869. The number of hydrogen-bond acceptors (Lipinski definition) is 3. The molecule has 0 saturated heterocycles. The summed E-state index contributed by atoms with van der Waals surface area (Å²) in [7, 11) is 0. The van der Waals surface area contributed by atoms with Crippen molar-refractivity contribution in [3.63, 3.8) is 0 Å². The van der Waals surface area contributed by atoms with Crippen LogP contribution >= 0.6 is 11.3 Å². The smallest absolute Gasteiger partial charge is 0.0940 e. The fourth-order valence-corrected chi connectivity index (χ4v) is 4.05. The van der Waals surface area contributed by atoms with Gasteiger partial charge in [-0.25, -0.2) is 4.98 Å². The monoisotopic (exact) mass is 252 g/mol. The zero-order valence-electron chi connectivity index (χ0n) is 11.0. The highest BCUT2D eigenvalue weighted by atomic mass is 32.1. The van der Waals surface area contributed by atoms with Gasteiger partial charge in [0.1, 0.15) is 0 Å². The van der Waals surface area contributed by atoms with Crippen LogP contribution in [0.4, 0.5) is 0 Å². The van der Waals surface area contributed by atoms with Crippen molar-refractivity contribution in [2.24, 2.45) is 17.1 Å². The average molecular weight is 252 g/mol. The molecule has 3 heteroatoms. The molecular formula is C14H24N2S. The Morgan fingerprint density at radius 2 is 2.12 bits per heavy atom. The van der Waals surface area contributed by atoms with Crippen LogP contribution in [0.3, 0.4) is 0 Å². The van der Waals surface area contributed by atoms with Gasteiger partial charge >= 0.3 is 0 Å². The summed E-state index contributed by atoms with van der Waals surface area (Å²) in [6.45, 7) is 4.63. The van der Waals surface area contributed by atoms with E-state index in [0.29, 0.717) is 11.5 Å². The van der Waals surface area contributed by atoms with Crippen LogP contribution in [0.5, 0.6) is 0 Å². The lowest BCUT2D eigenvalue weighted by molar-refractivity contribution is 0.181. The Morgan fingerprint density at radius 3 is 2.65 bits per heavy atom. The predicted octanol–water partition coefficient (Wildman–Crippen LogP) is 3.62. The van der Waals surface area contributed by atoms with Gasteiger partial charge in [-0.2, -0.15) is 0 Å². The minimum absolute atomic E-state index is 0.290. The molecule has 2 nitrogen and oxygen atoms in total. The molecule has 1 atom stereocenters. The Kier molecular flexibility index (Phi) is 4.21. The first-order valence-corrected chi connectivity index (χ1v) is 7.64. The van der Waals surface area contributed by atoms with Crippen LogP contribution < -0.4 is 5.73 Å². The Bertz CT molecular complexity index is 326. The highest BCUT2D eigenvalue weighted by Crippen LogP contribution is 2.46. The van der Waals surface area contributed by atoms with Gasteiger partial charge in [0.05, 0.1) is 5.01 Å². The second-order valence-electron chi connectivity index (χ2n) is 5.90. The number of nitrogens with two attached hydrogens (primary N) is 1. The molecule has 1 fully saturated rings. The van der Waals surface area contributed by atoms with Crippen molar-refractivity contribution in [2.75, 3.05) is 0 Å². The van der Waals surface area contributed by atoms with E-state index in [2.05, 4.69) is 18.8 Å². The molecular weight excluding hydrogens is 228 g/mol. The van der Waals surface area contributed by atoms with Crippen LogP contribution in [0.1, 0.15) is 51.0 Å². The fourth-order valence-electron chi connectivity index (χ4n) is 3.38. The van der Waals surface area contributed by atoms with Gasteiger partial charge in [0.15, 0.2) is 0 Å². The predicted molar refractivity (Wildman–Crippen MR) is 74.1 cm³/mol. The van der Waals surface area contributed by atoms with Crippen LogP contribution in [0.15, 0.2) is 11.6 Å². The summed E-state index contributed by atoms with van der Waals surface area (Å²) in [5.41, 5.74) is 6.91. The highest BCUT2D eigenvalue weighted by Gasteiger charge is 2.39. The van der Waals surface area contributed by atoms with Crippen molar-refractivity contribution in [1.82, 2.24) is 4.98 Å². The fraction of sp³-hybridized carbons (Fsp3) is 0.786. The summed E-state index contributed by atoms with van der Waals surface area (Å²) >= 11 is 1.74. The molecule has 1 unspecified atom stereocenters. The Morgan fingerprint density at radius 1 is 1.41 bits per heavy atom. The summed E-state index contributed by atoms with van der Waals surface area (Å²) in [5.74, 6) is 0.746. The number of thiazole rings is 1. The van der Waals surface area contributed by atoms with E-state index in [1.54, 1.807) is 11.3 Å². The van der Waals surface area contributed by atoms with Crippen molar-refractivity contribution in [3.8, 4) is 0 Å². The van der Waals surface area contributed by atoms with Gasteiger partial charge in [0.25, 0.3) is 0 Å². The lowest BCUT2D eigenvalue weighted by atomic mass is 9.72. The summed E-state index contributed by atoms with van der Waals surface area (Å²) < 4.78 is 0. The van der Waals surface area contributed by atoms with Gasteiger partial charge < -0.3 is 5.73 Å². The molecule has 2 N–H and O–H groups in total. The maximum Gasteiger partial charge on any atom is 0.0940 e. The Hall–Kier alpha value is -0.410. The van der Waals surface area contributed by atoms with Gasteiger partial charge in [-0.05, 0) is 30.6 Å². The summed E-state index contributed by atoms with van der Waals surface area (Å²) in [6.07, 6.45) is 9.48. The third-order valence-corrected chi connectivity index (χ3v) is 4.88. The molecule has 96 valence electrons. The van der Waals surface area contributed by atoms with E-state index in [4.69, 9.17) is 5.73 Å². The van der Waals surface area contributed by atoms with E-state index in [1.165, 1.54) is 37.1 Å². The topological polar surface area (TPSA) is 38.9 Å². The minimum Gasteiger partial charge on any atom is -0.327 e. The molecule has 1 aliphatic rings. The second kappa shape index (κ2) is 5.49. The molecule has 1 aromatic heterocycles. The van der Waals surface area contributed by atoms with E-state index in [-0.39, 0.29) is 0 Å². The SMILES string of the molecule is CC(C)CC1(C(N)Cc2nccs2)CCCC1. The molecule has 1 aromatic rings. The molecule has 2 rings (SSSR count). The first-order chi connectivity index (χ1) is 8.12. The van der Waals surface area contributed by atoms with Crippen LogP contribution in [0, 0.1) is 11.3 Å². The molecule has 0 spiro atoms. The van der Waals surface area contributed by atoms with Crippen LogP contribution in [-0.4, -0.2) is 11.0 Å². The maximum atomic E-state index is 6.52. The van der Waals surface area contributed by atoms with Crippen LogP contribution in [0.2, 0.25) is 0 Å². The Balaban J connectivity index is 2.05. The molecule has 1 heterocycles. The third kappa shape index (κ3) is 3.08. The Labute approximate surface area is 109 Å². The minimum atomic E-state index is 0.290. The first kappa shape index (κ1) is 13.0. The van der Waals surface area contributed by atoms with E-state index in [0.717, 1.165) is 12.3 Å². The lowest BCUT2D eigenvalue weighted by Gasteiger charge is -2.36. The van der Waals surface area contributed by atoms with E-state index < -0.39 is 0 Å². The van der Waals surface area contributed by atoms with E-state index >= 15 is 0 Å². The summed E-state index contributed by atoms with van der Waals surface area (Å²) in [4.78, 5) is 4.38. The summed E-state index contributed by atoms with van der Waals surface area (Å²) in [5, 5.41) is 3.25. The normalized spacial score (nSPS) is 20.9. The van der Waals surface area contributed by atoms with E-state index in [9.17, 15) is 0 Å². The summed E-state index contributed by atoms with van der Waals surface area (Å²) in [6, 6.07) is 0.290. The molecule has 17 heavy (non-hydrogen) atoms. The number of nitrogens with zero attached hydrogens (tertiary/aromatic N) is 1. The van der Waals surface area contributed by atoms with Gasteiger partial charge in [-0.3, -0.25) is 0 Å². The zero-order valence-corrected chi connectivity index (χ0v) is 11.8. The number of rotatable bonds is 5. The highest BCUT2D eigenvalue weighted by molar-refractivity contribution is 7.09. The van der Waals surface area contributed by atoms with Crippen LogP contribution in [-0.2, 0) is 6.42 Å². The van der Waals surface area contributed by atoms with E-state index in [1.807, 2.05) is 11.6 Å². The maximum absolute atomic E-state index is 6.52. The molecule has 0 amide bonds. The standard InChI is InChI=1S/C14H24N2S/c1-11(2)10-14(5-3-4-6-14)12(15)9-13-16-7-8-17-13/h7-8,11-12H,3-6,9-10,15H2,1-2H3.